The van der Waals surface area contributed by atoms with Crippen molar-refractivity contribution in [1.82, 2.24) is 14.5 Å². The van der Waals surface area contributed by atoms with Crippen LogP contribution in [0.15, 0.2) is 15.4 Å². The molecule has 8 nitrogen and oxygen atoms in total. The summed E-state index contributed by atoms with van der Waals surface area (Å²) in [6.07, 6.45) is -1.80. The van der Waals surface area contributed by atoms with E-state index in [0.717, 1.165) is 12.8 Å². The van der Waals surface area contributed by atoms with Crippen molar-refractivity contribution in [1.29, 1.82) is 0 Å². The van der Waals surface area contributed by atoms with Crippen molar-refractivity contribution in [2.75, 3.05) is 20.2 Å². The Kier molecular flexibility index (Phi) is 4.26. The van der Waals surface area contributed by atoms with Crippen LogP contribution < -0.4 is 17.0 Å². The molecule has 164 valence electrons. The zero-order chi connectivity index (χ0) is 21.5. The van der Waals surface area contributed by atoms with Gasteiger partial charge in [0, 0.05) is 38.6 Å². The minimum absolute atomic E-state index is 0.0405. The molecule has 3 aliphatic carbocycles. The first kappa shape index (κ1) is 19.8. The molecular weight excluding hydrogens is 405 g/mol. The molecule has 1 saturated heterocycles. The Labute approximate surface area is 169 Å². The number of H-pyrrole nitrogens is 1. The van der Waals surface area contributed by atoms with Gasteiger partial charge in [0.25, 0.3) is 11.5 Å². The van der Waals surface area contributed by atoms with Crippen molar-refractivity contribution in [2.45, 2.75) is 49.5 Å². The molecule has 1 aliphatic heterocycles. The van der Waals surface area contributed by atoms with Gasteiger partial charge in [0.1, 0.15) is 18.0 Å². The summed E-state index contributed by atoms with van der Waals surface area (Å²) in [4.78, 5) is 28.8. The number of hydrogen-bond acceptors (Lipinski definition) is 6. The Hall–Kier alpha value is -2.11. The molecule has 2 heterocycles. The van der Waals surface area contributed by atoms with Crippen molar-refractivity contribution in [3.63, 3.8) is 0 Å². The quantitative estimate of drug-likeness (QED) is 0.646. The number of nitrogens with zero attached hydrogens (tertiary/aromatic N) is 2. The van der Waals surface area contributed by atoms with Crippen LogP contribution in [0.1, 0.15) is 42.7 Å². The lowest BCUT2D eigenvalue weighted by Crippen LogP contribution is -2.48. The van der Waals surface area contributed by atoms with Gasteiger partial charge in [0.05, 0.1) is 23.0 Å². The third kappa shape index (κ3) is 2.64. The predicted molar refractivity (Wildman–Crippen MR) is 99.5 cm³/mol. The summed E-state index contributed by atoms with van der Waals surface area (Å²) < 4.78 is 50.2. The SMILES string of the molecule is COC1c2c(c(=O)[nH]c(=O)n2C2CC2)C(N)=C(F)C1N1CC2CC(F)(F)C(O)C2C1. The minimum Gasteiger partial charge on any atom is -0.396 e. The number of aromatic nitrogens is 2. The molecule has 5 unspecified atom stereocenters. The molecule has 1 aromatic rings. The number of hydrogen-bond donors (Lipinski definition) is 3. The molecule has 3 fully saturated rings. The Morgan fingerprint density at radius 3 is 2.57 bits per heavy atom. The molecule has 5 atom stereocenters. The van der Waals surface area contributed by atoms with Crippen LogP contribution in [0, 0.1) is 11.8 Å². The van der Waals surface area contributed by atoms with E-state index in [9.17, 15) is 23.5 Å². The van der Waals surface area contributed by atoms with Crippen molar-refractivity contribution in [3.05, 3.63) is 37.9 Å². The lowest BCUT2D eigenvalue weighted by molar-refractivity contribution is -0.103. The first-order valence-electron chi connectivity index (χ1n) is 10.0. The van der Waals surface area contributed by atoms with Gasteiger partial charge in [-0.1, -0.05) is 0 Å². The number of rotatable bonds is 3. The number of nitrogens with one attached hydrogen (secondary N) is 1. The summed E-state index contributed by atoms with van der Waals surface area (Å²) in [5.74, 6) is -5.14. The first-order valence-corrected chi connectivity index (χ1v) is 10.0. The highest BCUT2D eigenvalue weighted by Gasteiger charge is 2.59. The van der Waals surface area contributed by atoms with E-state index in [2.05, 4.69) is 4.98 Å². The van der Waals surface area contributed by atoms with Crippen LogP contribution in [0.25, 0.3) is 5.70 Å². The summed E-state index contributed by atoms with van der Waals surface area (Å²) in [7, 11) is 1.35. The lowest BCUT2D eigenvalue weighted by Gasteiger charge is -2.38. The van der Waals surface area contributed by atoms with Crippen LogP contribution >= 0.6 is 0 Å². The van der Waals surface area contributed by atoms with E-state index in [1.165, 1.54) is 11.7 Å². The molecule has 0 radical (unpaired) electrons. The fourth-order valence-electron chi connectivity index (χ4n) is 5.47. The summed E-state index contributed by atoms with van der Waals surface area (Å²) in [5, 5.41) is 10.0. The van der Waals surface area contributed by atoms with Gasteiger partial charge in [0.15, 0.2) is 0 Å². The van der Waals surface area contributed by atoms with Crippen LogP contribution in [-0.4, -0.2) is 57.8 Å². The number of nitrogens with two attached hydrogens (primary N) is 1. The Morgan fingerprint density at radius 1 is 1.27 bits per heavy atom. The van der Waals surface area contributed by atoms with Gasteiger partial charge in [-0.15, -0.1) is 0 Å². The second-order valence-electron chi connectivity index (χ2n) is 8.77. The van der Waals surface area contributed by atoms with Gasteiger partial charge in [0.2, 0.25) is 0 Å². The van der Waals surface area contributed by atoms with Gasteiger partial charge in [-0.05, 0) is 18.8 Å². The first-order chi connectivity index (χ1) is 14.2. The minimum atomic E-state index is -3.16. The highest BCUT2D eigenvalue weighted by molar-refractivity contribution is 5.70. The third-order valence-corrected chi connectivity index (χ3v) is 6.98. The van der Waals surface area contributed by atoms with E-state index >= 15 is 4.39 Å². The van der Waals surface area contributed by atoms with Crippen LogP contribution in [0.2, 0.25) is 0 Å². The normalized spacial score (nSPS) is 35.6. The second-order valence-corrected chi connectivity index (χ2v) is 8.77. The van der Waals surface area contributed by atoms with Crippen molar-refractivity contribution >= 4 is 5.70 Å². The van der Waals surface area contributed by atoms with Crippen LogP contribution in [0.5, 0.6) is 0 Å². The molecule has 2 saturated carbocycles. The van der Waals surface area contributed by atoms with Gasteiger partial charge >= 0.3 is 5.69 Å². The monoisotopic (exact) mass is 428 g/mol. The maximum atomic E-state index is 15.4. The van der Waals surface area contributed by atoms with Gasteiger partial charge in [-0.3, -0.25) is 19.2 Å². The second kappa shape index (κ2) is 6.44. The third-order valence-electron chi connectivity index (χ3n) is 6.98. The number of aliphatic hydroxyl groups excluding tert-OH is 1. The number of fused-ring (bicyclic) bond motifs is 2. The zero-order valence-electron chi connectivity index (χ0n) is 16.3. The summed E-state index contributed by atoms with van der Waals surface area (Å²) in [6.45, 7) is 0.174. The number of likely N-dealkylation sites (tertiary alicyclic amines) is 1. The summed E-state index contributed by atoms with van der Waals surface area (Å²) in [5.41, 5.74) is 4.35. The fourth-order valence-corrected chi connectivity index (χ4v) is 5.47. The van der Waals surface area contributed by atoms with Crippen LogP contribution in [0.3, 0.4) is 0 Å². The summed E-state index contributed by atoms with van der Waals surface area (Å²) in [6, 6.07) is -1.20. The molecule has 11 heteroatoms. The molecule has 30 heavy (non-hydrogen) atoms. The predicted octanol–water partition coefficient (Wildman–Crippen LogP) is 0.486. The Bertz CT molecular complexity index is 1050. The number of alkyl halides is 2. The number of halogens is 3. The number of ether oxygens (including phenoxy) is 1. The zero-order valence-corrected chi connectivity index (χ0v) is 16.3. The smallest absolute Gasteiger partial charge is 0.328 e. The molecule has 4 N–H and O–H groups in total. The molecule has 5 rings (SSSR count). The number of aliphatic hydroxyl groups is 1. The van der Waals surface area contributed by atoms with Crippen molar-refractivity contribution in [3.8, 4) is 0 Å². The highest BCUT2D eigenvalue weighted by Crippen LogP contribution is 2.50. The lowest BCUT2D eigenvalue weighted by atomic mass is 9.91. The molecule has 0 bridgehead atoms. The fraction of sp³-hybridized carbons (Fsp3) is 0.684. The van der Waals surface area contributed by atoms with E-state index in [4.69, 9.17) is 10.5 Å². The molecular formula is C19H23F3N4O4. The van der Waals surface area contributed by atoms with E-state index in [0.29, 0.717) is 0 Å². The average molecular weight is 428 g/mol. The topological polar surface area (TPSA) is 114 Å². The highest BCUT2D eigenvalue weighted by atomic mass is 19.3. The average Bonchev–Trinajstić information content (AvgIpc) is 3.38. The largest absolute Gasteiger partial charge is 0.396 e. The van der Waals surface area contributed by atoms with Gasteiger partial charge in [-0.25, -0.2) is 18.0 Å². The molecule has 0 aromatic carbocycles. The van der Waals surface area contributed by atoms with E-state index < -0.39 is 59.5 Å². The van der Waals surface area contributed by atoms with E-state index in [1.807, 2.05) is 0 Å². The Morgan fingerprint density at radius 2 is 1.97 bits per heavy atom. The van der Waals surface area contributed by atoms with Crippen LogP contribution in [-0.2, 0) is 4.74 Å². The van der Waals surface area contributed by atoms with E-state index in [1.54, 1.807) is 4.90 Å². The number of methoxy groups -OCH3 is 1. The van der Waals surface area contributed by atoms with E-state index in [-0.39, 0.29) is 36.1 Å². The molecule has 0 spiro atoms. The maximum absolute atomic E-state index is 15.4. The standard InChI is InChI=1S/C19H23F3N4O4/c1-30-15-13-10(17(28)24-18(29)26(13)8-2-3-8)12(23)11(20)14(15)25-5-7-4-19(21,22)16(27)9(7)6-25/h7-9,14-16,27H,2-6,23H2,1H3,(H,24,28,29). The molecule has 0 amide bonds. The Balaban J connectivity index is 1.60. The van der Waals surface area contributed by atoms with Crippen LogP contribution in [0.4, 0.5) is 13.2 Å². The van der Waals surface area contributed by atoms with Crippen molar-refractivity contribution in [2.24, 2.45) is 17.6 Å². The number of aromatic amines is 1. The van der Waals surface area contributed by atoms with Gasteiger partial charge in [-0.2, -0.15) is 0 Å². The molecule has 1 aromatic heterocycles. The maximum Gasteiger partial charge on any atom is 0.328 e. The van der Waals surface area contributed by atoms with Gasteiger partial charge < -0.3 is 15.6 Å². The molecule has 4 aliphatic rings. The summed E-state index contributed by atoms with van der Waals surface area (Å²) >= 11 is 0. The van der Waals surface area contributed by atoms with Crippen molar-refractivity contribution < 1.29 is 23.0 Å².